The predicted octanol–water partition coefficient (Wildman–Crippen LogP) is 6.42. The maximum absolute atomic E-state index is 14.1. The summed E-state index contributed by atoms with van der Waals surface area (Å²) in [6, 6.07) is 11.1. The topological polar surface area (TPSA) is 130 Å². The summed E-state index contributed by atoms with van der Waals surface area (Å²) in [6.45, 7) is 5.45. The summed E-state index contributed by atoms with van der Waals surface area (Å²) in [4.78, 5) is 59.2. The minimum Gasteiger partial charge on any atom is -0.444 e. The number of likely N-dealkylation sites (tertiary alicyclic amines) is 1. The van der Waals surface area contributed by atoms with E-state index in [9.17, 15) is 23.6 Å². The van der Waals surface area contributed by atoms with Crippen molar-refractivity contribution in [3.63, 3.8) is 0 Å². The lowest BCUT2D eigenvalue weighted by atomic mass is 9.76. The Kier molecular flexibility index (Phi) is 12.3. The number of alkyl halides is 1. The van der Waals surface area contributed by atoms with Crippen LogP contribution in [0.4, 0.5) is 14.9 Å². The van der Waals surface area contributed by atoms with Crippen LogP contribution < -0.4 is 16.0 Å². The number of rotatable bonds is 10. The summed E-state index contributed by atoms with van der Waals surface area (Å²) in [6.07, 6.45) is 9.86. The van der Waals surface area contributed by atoms with Gasteiger partial charge in [0.05, 0.1) is 18.3 Å². The van der Waals surface area contributed by atoms with Gasteiger partial charge in [0.25, 0.3) is 5.91 Å². The Morgan fingerprint density at radius 1 is 0.939 bits per heavy atom. The van der Waals surface area contributed by atoms with Crippen LogP contribution in [0.5, 0.6) is 0 Å². The number of carbonyl (C=O) groups excluding carboxylic acids is 4. The molecular weight excluding hydrogens is 625 g/mol. The van der Waals surface area contributed by atoms with E-state index in [1.165, 1.54) is 6.42 Å². The fourth-order valence-electron chi connectivity index (χ4n) is 7.90. The van der Waals surface area contributed by atoms with E-state index in [2.05, 4.69) is 20.9 Å². The van der Waals surface area contributed by atoms with Gasteiger partial charge in [0.2, 0.25) is 11.8 Å². The van der Waals surface area contributed by atoms with Crippen LogP contribution in [0.15, 0.2) is 48.7 Å². The van der Waals surface area contributed by atoms with E-state index >= 15 is 0 Å². The molecule has 2 aromatic rings. The maximum Gasteiger partial charge on any atom is 0.407 e. The Labute approximate surface area is 289 Å². The zero-order valence-electron chi connectivity index (χ0n) is 29.1. The maximum atomic E-state index is 14.1. The van der Waals surface area contributed by atoms with Crippen molar-refractivity contribution in [2.75, 3.05) is 18.5 Å². The first-order valence-corrected chi connectivity index (χ1v) is 18.0. The van der Waals surface area contributed by atoms with E-state index in [0.29, 0.717) is 55.9 Å². The van der Waals surface area contributed by atoms with Crippen molar-refractivity contribution in [1.82, 2.24) is 20.5 Å². The average molecular weight is 678 g/mol. The van der Waals surface area contributed by atoms with Gasteiger partial charge in [-0.1, -0.05) is 38.2 Å². The van der Waals surface area contributed by atoms with Gasteiger partial charge < -0.3 is 25.6 Å². The number of ether oxygens (including phenoxy) is 1. The molecule has 0 radical (unpaired) electrons. The van der Waals surface area contributed by atoms with E-state index in [0.717, 1.165) is 37.8 Å². The molecule has 49 heavy (non-hydrogen) atoms. The number of halogens is 1. The second-order valence-corrected chi connectivity index (χ2v) is 14.9. The van der Waals surface area contributed by atoms with Gasteiger partial charge in [-0.15, -0.1) is 0 Å². The normalized spacial score (nSPS) is 23.7. The molecule has 0 unspecified atom stereocenters. The Balaban J connectivity index is 1.21. The van der Waals surface area contributed by atoms with Crippen molar-refractivity contribution in [2.45, 2.75) is 109 Å². The highest BCUT2D eigenvalue weighted by Crippen LogP contribution is 2.41. The number of aromatic nitrogens is 1. The molecule has 1 aromatic heterocycles. The Morgan fingerprint density at radius 3 is 2.29 bits per heavy atom. The van der Waals surface area contributed by atoms with Crippen LogP contribution in [0.25, 0.3) is 0 Å². The van der Waals surface area contributed by atoms with Crippen molar-refractivity contribution >= 4 is 29.5 Å². The summed E-state index contributed by atoms with van der Waals surface area (Å²) in [5.74, 6) is -0.285. The number of anilines is 1. The van der Waals surface area contributed by atoms with Gasteiger partial charge in [-0.05, 0) is 107 Å². The molecule has 1 aliphatic heterocycles. The van der Waals surface area contributed by atoms with E-state index in [4.69, 9.17) is 4.74 Å². The molecule has 2 saturated carbocycles. The molecule has 0 spiro atoms. The van der Waals surface area contributed by atoms with Gasteiger partial charge in [0, 0.05) is 29.9 Å². The van der Waals surface area contributed by atoms with Gasteiger partial charge >= 0.3 is 6.09 Å². The molecule has 4 amide bonds. The lowest BCUT2D eigenvalue weighted by Crippen LogP contribution is -2.50. The number of nitrogens with one attached hydrogen (secondary N) is 3. The molecule has 2 aliphatic carbocycles. The first-order valence-electron chi connectivity index (χ1n) is 18.0. The monoisotopic (exact) mass is 677 g/mol. The molecule has 0 bridgehead atoms. The summed E-state index contributed by atoms with van der Waals surface area (Å²) in [7, 11) is 0. The van der Waals surface area contributed by atoms with Gasteiger partial charge in [0.1, 0.15) is 18.3 Å². The molecule has 3 fully saturated rings. The molecule has 3 aliphatic rings. The van der Waals surface area contributed by atoms with Gasteiger partial charge in [-0.3, -0.25) is 19.4 Å². The van der Waals surface area contributed by atoms with E-state index in [-0.39, 0.29) is 35.5 Å². The van der Waals surface area contributed by atoms with Crippen LogP contribution in [-0.2, 0) is 20.9 Å². The first kappa shape index (κ1) is 36.3. The third kappa shape index (κ3) is 9.79. The van der Waals surface area contributed by atoms with Crippen LogP contribution in [-0.4, -0.2) is 64.6 Å². The van der Waals surface area contributed by atoms with Crippen LogP contribution >= 0.6 is 0 Å². The summed E-state index contributed by atoms with van der Waals surface area (Å²) in [5, 5.41) is 8.62. The van der Waals surface area contributed by atoms with Gasteiger partial charge in [-0.25, -0.2) is 9.18 Å². The zero-order valence-corrected chi connectivity index (χ0v) is 29.1. The zero-order chi connectivity index (χ0) is 35.0. The van der Waals surface area contributed by atoms with Crippen LogP contribution in [0, 0.1) is 23.7 Å². The summed E-state index contributed by atoms with van der Waals surface area (Å²) >= 11 is 0. The lowest BCUT2D eigenvalue weighted by molar-refractivity contribution is -0.142. The molecule has 10 nitrogen and oxygen atoms in total. The SMILES string of the molecule is CC(C)(C)OC(=O)N[C@H](CF)C1CCC(C(=O)N2CC[C@@H](C3CCCCC3)[C@H]2C(=O)Nc2ccc(C(=O)NCc3ccccn3)cc2)CC1. The first-order chi connectivity index (χ1) is 23.5. The molecule has 3 atom stereocenters. The Morgan fingerprint density at radius 2 is 1.65 bits per heavy atom. The quantitative estimate of drug-likeness (QED) is 0.266. The molecule has 2 heterocycles. The highest BCUT2D eigenvalue weighted by atomic mass is 19.1. The van der Waals surface area contributed by atoms with Crippen molar-refractivity contribution in [1.29, 1.82) is 0 Å². The van der Waals surface area contributed by atoms with Crippen LogP contribution in [0.1, 0.15) is 101 Å². The van der Waals surface area contributed by atoms with Crippen molar-refractivity contribution < 1.29 is 28.3 Å². The smallest absolute Gasteiger partial charge is 0.407 e. The number of nitrogens with zero attached hydrogens (tertiary/aromatic N) is 2. The van der Waals surface area contributed by atoms with E-state index in [1.807, 2.05) is 23.1 Å². The largest absolute Gasteiger partial charge is 0.444 e. The fraction of sp³-hybridized carbons (Fsp3) is 0.605. The van der Waals surface area contributed by atoms with Crippen LogP contribution in [0.3, 0.4) is 0 Å². The third-order valence-corrected chi connectivity index (χ3v) is 10.4. The molecule has 1 saturated heterocycles. The van der Waals surface area contributed by atoms with Crippen LogP contribution in [0.2, 0.25) is 0 Å². The molecule has 5 rings (SSSR count). The third-order valence-electron chi connectivity index (χ3n) is 10.4. The number of alkyl carbamates (subject to hydrolysis) is 1. The highest BCUT2D eigenvalue weighted by Gasteiger charge is 2.47. The standard InChI is InChI=1S/C38H52FN5O5/c1-38(2,3)49-37(48)43-32(23-39)26-12-14-28(15-13-26)36(47)44-22-20-31(25-9-5-4-6-10-25)33(44)35(46)42-29-18-16-27(17-19-29)34(45)41-24-30-11-7-8-21-40-30/h7-8,11,16-19,21,25-26,28,31-33H,4-6,9-10,12-15,20,22-24H2,1-3H3,(H,41,45)(H,42,46)(H,43,48)/t26?,28?,31-,32+,33-/m0/s1. The number of amides is 4. The number of benzene rings is 1. The second kappa shape index (κ2) is 16.6. The highest BCUT2D eigenvalue weighted by molar-refractivity contribution is 5.99. The van der Waals surface area contributed by atoms with E-state index < -0.39 is 30.5 Å². The minimum atomic E-state index is -0.698. The van der Waals surface area contributed by atoms with Crippen molar-refractivity contribution in [3.05, 3.63) is 59.9 Å². The Bertz CT molecular complexity index is 1420. The number of hydrogen-bond acceptors (Lipinski definition) is 6. The van der Waals surface area contributed by atoms with E-state index in [1.54, 1.807) is 51.2 Å². The summed E-state index contributed by atoms with van der Waals surface area (Å²) in [5.41, 5.74) is 1.13. The number of pyridine rings is 1. The molecular formula is C38H52FN5O5. The molecule has 1 aromatic carbocycles. The second-order valence-electron chi connectivity index (χ2n) is 14.9. The predicted molar refractivity (Wildman–Crippen MR) is 185 cm³/mol. The number of hydrogen-bond donors (Lipinski definition) is 3. The Hall–Kier alpha value is -4.02. The van der Waals surface area contributed by atoms with Gasteiger partial charge in [0.15, 0.2) is 0 Å². The average Bonchev–Trinajstić information content (AvgIpc) is 3.55. The number of carbonyl (C=O) groups is 4. The van der Waals surface area contributed by atoms with Crippen molar-refractivity contribution in [2.24, 2.45) is 23.7 Å². The minimum absolute atomic E-state index is 0.00580. The van der Waals surface area contributed by atoms with Gasteiger partial charge in [-0.2, -0.15) is 0 Å². The molecule has 266 valence electrons. The molecule has 11 heteroatoms. The van der Waals surface area contributed by atoms with Crippen molar-refractivity contribution in [3.8, 4) is 0 Å². The molecule has 3 N–H and O–H groups in total. The summed E-state index contributed by atoms with van der Waals surface area (Å²) < 4.78 is 19.4. The fourth-order valence-corrected chi connectivity index (χ4v) is 7.90. The lowest BCUT2D eigenvalue weighted by Gasteiger charge is -2.37.